The second-order valence-corrected chi connectivity index (χ2v) is 12.8. The van der Waals surface area contributed by atoms with Crippen LogP contribution in [0.1, 0.15) is 35.7 Å². The number of likely N-dealkylation sites (N-methyl/N-ethyl adjacent to an activating group) is 1. The molecule has 0 saturated heterocycles. The number of carbonyl (C=O) groups is 2. The maximum atomic E-state index is 13.7. The number of aliphatic hydroxyl groups is 1. The molecule has 0 aliphatic carbocycles. The summed E-state index contributed by atoms with van der Waals surface area (Å²) in [6.07, 6.45) is -0.654. The fourth-order valence-electron chi connectivity index (χ4n) is 4.59. The smallest absolute Gasteiger partial charge is 0.323 e. The van der Waals surface area contributed by atoms with Crippen LogP contribution in [0.25, 0.3) is 0 Å². The summed E-state index contributed by atoms with van der Waals surface area (Å²) in [6.45, 7) is 6.85. The Morgan fingerprint density at radius 1 is 1.21 bits per heavy atom. The number of anilines is 2. The zero-order valence-electron chi connectivity index (χ0n) is 23.9. The number of hydrogen-bond acceptors (Lipinski definition) is 8. The molecular formula is C28H34ClN5O7S. The van der Waals surface area contributed by atoms with Gasteiger partial charge in [0.05, 0.1) is 29.7 Å². The number of hydrogen-bond donors (Lipinski definition) is 3. The molecule has 0 radical (unpaired) electrons. The number of sulfonamides is 1. The molecule has 1 aromatic heterocycles. The predicted octanol–water partition coefficient (Wildman–Crippen LogP) is 4.13. The molecule has 3 aromatic rings. The zero-order valence-corrected chi connectivity index (χ0v) is 25.5. The number of aromatic nitrogens is 1. The monoisotopic (exact) mass is 619 g/mol. The van der Waals surface area contributed by atoms with E-state index in [0.29, 0.717) is 27.9 Å². The lowest BCUT2D eigenvalue weighted by atomic mass is 9.99. The highest BCUT2D eigenvalue weighted by atomic mass is 35.5. The van der Waals surface area contributed by atoms with Gasteiger partial charge >= 0.3 is 6.03 Å². The SMILES string of the molecule is Cc1noc(C)c1NC(=O)Nc1ccc2c(c1)C(=O)N([C@H](C)CO)C[C@@H](C)[C@H](CN(C)S(=O)(=O)c1ccc(Cl)cc1)O2. The van der Waals surface area contributed by atoms with E-state index in [2.05, 4.69) is 15.8 Å². The second kappa shape index (κ2) is 12.7. The highest BCUT2D eigenvalue weighted by Crippen LogP contribution is 2.31. The van der Waals surface area contributed by atoms with Crippen LogP contribution in [-0.4, -0.2) is 78.7 Å². The van der Waals surface area contributed by atoms with Gasteiger partial charge in [0.25, 0.3) is 5.91 Å². The summed E-state index contributed by atoms with van der Waals surface area (Å²) in [5.74, 6) is -0.0340. The number of aryl methyl sites for hydroxylation is 2. The van der Waals surface area contributed by atoms with Crippen molar-refractivity contribution in [3.8, 4) is 5.75 Å². The summed E-state index contributed by atoms with van der Waals surface area (Å²) in [6, 6.07) is 9.42. The first kappa shape index (κ1) is 31.3. The van der Waals surface area contributed by atoms with Crippen LogP contribution in [0.4, 0.5) is 16.2 Å². The van der Waals surface area contributed by atoms with Gasteiger partial charge in [0.1, 0.15) is 23.2 Å². The fraction of sp³-hybridized carbons (Fsp3) is 0.393. The minimum absolute atomic E-state index is 0.0129. The van der Waals surface area contributed by atoms with Crippen LogP contribution >= 0.6 is 11.6 Å². The Bertz CT molecular complexity index is 1540. The highest BCUT2D eigenvalue weighted by molar-refractivity contribution is 7.89. The van der Waals surface area contributed by atoms with E-state index in [1.165, 1.54) is 46.6 Å². The number of fused-ring (bicyclic) bond motifs is 1. The average molecular weight is 620 g/mol. The molecule has 0 bridgehead atoms. The largest absolute Gasteiger partial charge is 0.488 e. The van der Waals surface area contributed by atoms with Crippen molar-refractivity contribution in [2.24, 2.45) is 5.92 Å². The van der Waals surface area contributed by atoms with Crippen molar-refractivity contribution in [2.75, 3.05) is 37.4 Å². The van der Waals surface area contributed by atoms with Gasteiger partial charge in [-0.05, 0) is 63.2 Å². The van der Waals surface area contributed by atoms with Crippen LogP contribution in [0.2, 0.25) is 5.02 Å². The molecule has 12 nitrogen and oxygen atoms in total. The Kier molecular flexibility index (Phi) is 9.46. The topological polar surface area (TPSA) is 154 Å². The molecule has 3 amide bonds. The molecule has 0 spiro atoms. The van der Waals surface area contributed by atoms with Gasteiger partial charge < -0.3 is 29.9 Å². The van der Waals surface area contributed by atoms with Gasteiger partial charge in [0.15, 0.2) is 5.76 Å². The van der Waals surface area contributed by atoms with Gasteiger partial charge in [-0.3, -0.25) is 4.79 Å². The van der Waals surface area contributed by atoms with E-state index in [9.17, 15) is 23.1 Å². The van der Waals surface area contributed by atoms with Crippen molar-refractivity contribution in [1.82, 2.24) is 14.4 Å². The Morgan fingerprint density at radius 2 is 1.90 bits per heavy atom. The summed E-state index contributed by atoms with van der Waals surface area (Å²) in [5.41, 5.74) is 1.43. The molecule has 42 heavy (non-hydrogen) atoms. The number of halogens is 1. The Morgan fingerprint density at radius 3 is 2.52 bits per heavy atom. The molecule has 14 heteroatoms. The average Bonchev–Trinajstić information content (AvgIpc) is 3.26. The maximum Gasteiger partial charge on any atom is 0.323 e. The summed E-state index contributed by atoms with van der Waals surface area (Å²) in [4.78, 5) is 28.0. The molecule has 0 saturated carbocycles. The van der Waals surface area contributed by atoms with E-state index >= 15 is 0 Å². The Hall–Kier alpha value is -3.65. The third-order valence-electron chi connectivity index (χ3n) is 7.15. The Labute approximate surface area is 249 Å². The summed E-state index contributed by atoms with van der Waals surface area (Å²) < 4.78 is 39.1. The number of carbonyl (C=O) groups excluding carboxylic acids is 2. The van der Waals surface area contributed by atoms with E-state index < -0.39 is 34.1 Å². The number of aliphatic hydroxyl groups excluding tert-OH is 1. The minimum Gasteiger partial charge on any atom is -0.488 e. The number of benzene rings is 2. The molecular weight excluding hydrogens is 586 g/mol. The van der Waals surface area contributed by atoms with Gasteiger partial charge in [0, 0.05) is 30.2 Å². The number of urea groups is 1. The number of amides is 3. The lowest BCUT2D eigenvalue weighted by Crippen LogP contribution is -2.50. The van der Waals surface area contributed by atoms with Gasteiger partial charge in [-0.1, -0.05) is 23.7 Å². The van der Waals surface area contributed by atoms with Crippen molar-refractivity contribution in [3.05, 3.63) is 64.5 Å². The fourth-order valence-corrected chi connectivity index (χ4v) is 5.90. The minimum atomic E-state index is -3.86. The van der Waals surface area contributed by atoms with Crippen molar-refractivity contribution in [1.29, 1.82) is 0 Å². The predicted molar refractivity (Wildman–Crippen MR) is 157 cm³/mol. The molecule has 4 rings (SSSR count). The van der Waals surface area contributed by atoms with Crippen molar-refractivity contribution >= 4 is 44.9 Å². The van der Waals surface area contributed by atoms with Crippen LogP contribution in [0.5, 0.6) is 5.75 Å². The van der Waals surface area contributed by atoms with Crippen molar-refractivity contribution in [2.45, 2.75) is 44.7 Å². The van der Waals surface area contributed by atoms with Crippen LogP contribution in [0.15, 0.2) is 51.9 Å². The Balaban J connectivity index is 1.62. The summed E-state index contributed by atoms with van der Waals surface area (Å²) in [7, 11) is -2.40. The normalized spacial score (nSPS) is 18.1. The van der Waals surface area contributed by atoms with Gasteiger partial charge in [-0.15, -0.1) is 0 Å². The van der Waals surface area contributed by atoms with Crippen molar-refractivity contribution in [3.63, 3.8) is 0 Å². The lowest BCUT2D eigenvalue weighted by Gasteiger charge is -2.38. The maximum absolute atomic E-state index is 13.7. The highest BCUT2D eigenvalue weighted by Gasteiger charge is 2.35. The standard InChI is InChI=1S/C28H34ClN5O7S/c1-16-13-34(17(2)15-35)27(36)23-12-21(30-28(37)31-26-18(3)32-41-19(26)4)8-11-24(23)40-25(16)14-33(5)42(38,39)22-9-6-20(29)7-10-22/h6-12,16-17,25,35H,13-15H2,1-5H3,(H2,30,31,37)/t16-,17-,25+/m1/s1. The van der Waals surface area contributed by atoms with E-state index in [1.807, 2.05) is 6.92 Å². The number of nitrogens with one attached hydrogen (secondary N) is 2. The molecule has 2 heterocycles. The van der Waals surface area contributed by atoms with Crippen molar-refractivity contribution < 1.29 is 32.4 Å². The van der Waals surface area contributed by atoms with E-state index in [0.717, 1.165) is 0 Å². The molecule has 1 aliphatic heterocycles. The number of nitrogens with zero attached hydrogens (tertiary/aromatic N) is 3. The lowest BCUT2D eigenvalue weighted by molar-refractivity contribution is 0.0387. The summed E-state index contributed by atoms with van der Waals surface area (Å²) in [5, 5.41) is 19.5. The molecule has 3 N–H and O–H groups in total. The van der Waals surface area contributed by atoms with E-state index in [4.69, 9.17) is 20.9 Å². The van der Waals surface area contributed by atoms with Crippen LogP contribution < -0.4 is 15.4 Å². The molecule has 1 aliphatic rings. The third kappa shape index (κ3) is 6.70. The van der Waals surface area contributed by atoms with Crippen LogP contribution in [-0.2, 0) is 10.0 Å². The third-order valence-corrected chi connectivity index (χ3v) is 9.24. The van der Waals surface area contributed by atoms with E-state index in [1.54, 1.807) is 32.9 Å². The molecule has 0 fully saturated rings. The molecule has 0 unspecified atom stereocenters. The summed E-state index contributed by atoms with van der Waals surface area (Å²) >= 11 is 5.93. The van der Waals surface area contributed by atoms with Gasteiger partial charge in [-0.2, -0.15) is 4.31 Å². The van der Waals surface area contributed by atoms with Crippen LogP contribution in [0.3, 0.4) is 0 Å². The second-order valence-electron chi connectivity index (χ2n) is 10.4. The first-order valence-corrected chi connectivity index (χ1v) is 15.1. The molecule has 3 atom stereocenters. The number of rotatable bonds is 8. The van der Waals surface area contributed by atoms with Crippen LogP contribution in [0, 0.1) is 19.8 Å². The van der Waals surface area contributed by atoms with Gasteiger partial charge in [-0.25, -0.2) is 13.2 Å². The first-order chi connectivity index (χ1) is 19.8. The number of ether oxygens (including phenoxy) is 1. The first-order valence-electron chi connectivity index (χ1n) is 13.3. The van der Waals surface area contributed by atoms with Gasteiger partial charge in [0.2, 0.25) is 10.0 Å². The quantitative estimate of drug-likeness (QED) is 0.340. The molecule has 2 aromatic carbocycles. The zero-order chi connectivity index (χ0) is 30.8. The van der Waals surface area contributed by atoms with E-state index in [-0.39, 0.29) is 41.8 Å². The molecule has 226 valence electrons.